The number of imidazole rings is 1. The fourth-order valence-electron chi connectivity index (χ4n) is 3.00. The van der Waals surface area contributed by atoms with Crippen molar-refractivity contribution in [3.05, 3.63) is 30.6 Å². The molecule has 0 unspecified atom stereocenters. The first kappa shape index (κ1) is 14.9. The maximum atomic E-state index is 5.23. The first-order valence-electron chi connectivity index (χ1n) is 8.16. The number of aromatic amines is 1. The minimum absolute atomic E-state index is 0.398. The molecule has 4 rings (SSSR count). The lowest BCUT2D eigenvalue weighted by atomic mass is 10.1. The maximum absolute atomic E-state index is 5.23. The predicted octanol–water partition coefficient (Wildman–Crippen LogP) is 2.19. The number of methoxy groups -OCH3 is 1. The summed E-state index contributed by atoms with van der Waals surface area (Å²) in [5, 5.41) is 6.83. The lowest BCUT2D eigenvalue weighted by molar-refractivity contribution is 0.415. The normalized spacial score (nSPS) is 15.5. The topological polar surface area (TPSA) is 87.8 Å². The number of aromatic nitrogens is 4. The van der Waals surface area contributed by atoms with Crippen molar-refractivity contribution >= 4 is 17.1 Å². The van der Waals surface area contributed by atoms with E-state index in [-0.39, 0.29) is 0 Å². The second-order valence-corrected chi connectivity index (χ2v) is 5.89. The highest BCUT2D eigenvalue weighted by Crippen LogP contribution is 2.27. The highest BCUT2D eigenvalue weighted by atomic mass is 16.5. The van der Waals surface area contributed by atoms with E-state index in [1.165, 1.54) is 0 Å². The molecule has 0 atom stereocenters. The van der Waals surface area contributed by atoms with Crippen LogP contribution >= 0.6 is 0 Å². The highest BCUT2D eigenvalue weighted by Gasteiger charge is 2.17. The molecule has 0 spiro atoms. The van der Waals surface area contributed by atoms with E-state index >= 15 is 0 Å². The number of anilines is 1. The molecule has 0 radical (unpaired) electrons. The van der Waals surface area contributed by atoms with E-state index in [1.54, 1.807) is 13.4 Å². The zero-order valence-electron chi connectivity index (χ0n) is 13.5. The Morgan fingerprint density at radius 2 is 1.92 bits per heavy atom. The molecule has 1 aliphatic heterocycles. The van der Waals surface area contributed by atoms with Gasteiger partial charge in [-0.1, -0.05) is 0 Å². The molecule has 3 aromatic rings. The molecule has 24 heavy (non-hydrogen) atoms. The molecule has 7 heteroatoms. The van der Waals surface area contributed by atoms with Crippen LogP contribution in [0.2, 0.25) is 0 Å². The van der Waals surface area contributed by atoms with Gasteiger partial charge < -0.3 is 20.4 Å². The summed E-state index contributed by atoms with van der Waals surface area (Å²) in [6, 6.07) is 8.23. The van der Waals surface area contributed by atoms with Crippen LogP contribution in [0.3, 0.4) is 0 Å². The van der Waals surface area contributed by atoms with Gasteiger partial charge in [0.1, 0.15) is 17.0 Å². The Bertz CT molecular complexity index is 823. The van der Waals surface area contributed by atoms with Crippen LogP contribution in [0.5, 0.6) is 5.75 Å². The minimum atomic E-state index is 0.398. The summed E-state index contributed by atoms with van der Waals surface area (Å²) < 4.78 is 5.23. The number of benzene rings is 1. The van der Waals surface area contributed by atoms with Crippen LogP contribution in [0.1, 0.15) is 12.8 Å². The lowest BCUT2D eigenvalue weighted by Gasteiger charge is -2.23. The maximum Gasteiger partial charge on any atom is 0.225 e. The van der Waals surface area contributed by atoms with Gasteiger partial charge in [0, 0.05) is 11.6 Å². The predicted molar refractivity (Wildman–Crippen MR) is 93.2 cm³/mol. The highest BCUT2D eigenvalue weighted by molar-refractivity contribution is 5.88. The molecule has 3 N–H and O–H groups in total. The quantitative estimate of drug-likeness (QED) is 0.682. The van der Waals surface area contributed by atoms with Gasteiger partial charge in [-0.2, -0.15) is 4.98 Å². The van der Waals surface area contributed by atoms with Gasteiger partial charge in [-0.05, 0) is 50.2 Å². The Morgan fingerprint density at radius 1 is 1.12 bits per heavy atom. The third kappa shape index (κ3) is 2.90. The van der Waals surface area contributed by atoms with Crippen molar-refractivity contribution < 1.29 is 4.74 Å². The Kier molecular flexibility index (Phi) is 4.00. The number of piperidine rings is 1. The van der Waals surface area contributed by atoms with E-state index in [0.29, 0.717) is 12.0 Å². The molecule has 7 nitrogen and oxygen atoms in total. The van der Waals surface area contributed by atoms with Crippen molar-refractivity contribution in [2.75, 3.05) is 25.5 Å². The lowest BCUT2D eigenvalue weighted by Crippen LogP contribution is -2.35. The Labute approximate surface area is 139 Å². The van der Waals surface area contributed by atoms with Gasteiger partial charge in [0.2, 0.25) is 5.95 Å². The average Bonchev–Trinajstić information content (AvgIpc) is 3.10. The molecule has 2 aromatic heterocycles. The fraction of sp³-hybridized carbons (Fsp3) is 0.353. The van der Waals surface area contributed by atoms with E-state index in [9.17, 15) is 0 Å². The molecule has 0 amide bonds. The number of hydrogen-bond donors (Lipinski definition) is 3. The van der Waals surface area contributed by atoms with Crippen molar-refractivity contribution in [1.82, 2.24) is 25.3 Å². The van der Waals surface area contributed by atoms with Crippen LogP contribution in [-0.2, 0) is 0 Å². The second kappa shape index (κ2) is 6.45. The van der Waals surface area contributed by atoms with E-state index in [0.717, 1.165) is 54.1 Å². The number of H-pyrrole nitrogens is 1. The van der Waals surface area contributed by atoms with Gasteiger partial charge in [-0.3, -0.25) is 0 Å². The molecule has 0 bridgehead atoms. The van der Waals surface area contributed by atoms with Crippen LogP contribution in [-0.4, -0.2) is 46.2 Å². The third-order valence-electron chi connectivity index (χ3n) is 4.31. The summed E-state index contributed by atoms with van der Waals surface area (Å²) >= 11 is 0. The molecule has 1 aliphatic rings. The van der Waals surface area contributed by atoms with E-state index in [1.807, 2.05) is 24.3 Å². The van der Waals surface area contributed by atoms with Crippen LogP contribution < -0.4 is 15.4 Å². The van der Waals surface area contributed by atoms with Crippen molar-refractivity contribution in [2.24, 2.45) is 0 Å². The van der Waals surface area contributed by atoms with Gasteiger partial charge >= 0.3 is 0 Å². The van der Waals surface area contributed by atoms with Gasteiger partial charge in [0.15, 0.2) is 5.65 Å². The van der Waals surface area contributed by atoms with Crippen LogP contribution in [0.4, 0.5) is 5.95 Å². The fourth-order valence-corrected chi connectivity index (χ4v) is 3.00. The number of nitrogens with zero attached hydrogens (tertiary/aromatic N) is 3. The van der Waals surface area contributed by atoms with Crippen LogP contribution in [0, 0.1) is 0 Å². The summed E-state index contributed by atoms with van der Waals surface area (Å²) in [4.78, 5) is 16.8. The SMILES string of the molecule is COc1ccc(-c2nc(NC3CCNCC3)nc3[nH]cnc23)cc1. The van der Waals surface area contributed by atoms with Crippen LogP contribution in [0.25, 0.3) is 22.4 Å². The average molecular weight is 324 g/mol. The number of fused-ring (bicyclic) bond motifs is 1. The minimum Gasteiger partial charge on any atom is -0.497 e. The third-order valence-corrected chi connectivity index (χ3v) is 4.31. The van der Waals surface area contributed by atoms with Crippen molar-refractivity contribution in [2.45, 2.75) is 18.9 Å². The van der Waals surface area contributed by atoms with Crippen molar-refractivity contribution in [3.63, 3.8) is 0 Å². The summed E-state index contributed by atoms with van der Waals surface area (Å²) in [6.45, 7) is 2.05. The van der Waals surface area contributed by atoms with Crippen molar-refractivity contribution in [1.29, 1.82) is 0 Å². The van der Waals surface area contributed by atoms with Gasteiger partial charge in [-0.15, -0.1) is 0 Å². The first-order valence-corrected chi connectivity index (χ1v) is 8.16. The van der Waals surface area contributed by atoms with Gasteiger partial charge in [0.05, 0.1) is 13.4 Å². The molecule has 1 saturated heterocycles. The number of ether oxygens (including phenoxy) is 1. The molecule has 1 aromatic carbocycles. The van der Waals surface area contributed by atoms with Gasteiger partial charge in [0.25, 0.3) is 0 Å². The van der Waals surface area contributed by atoms with E-state index in [2.05, 4.69) is 25.6 Å². The Balaban J connectivity index is 1.71. The Hall–Kier alpha value is -2.67. The smallest absolute Gasteiger partial charge is 0.225 e. The van der Waals surface area contributed by atoms with E-state index in [4.69, 9.17) is 9.72 Å². The standard InChI is InChI=1S/C17H20N6O/c1-24-13-4-2-11(3-5-13)14-15-16(20-10-19-15)23-17(22-14)21-12-6-8-18-9-7-12/h2-5,10,12,18H,6-9H2,1H3,(H2,19,20,21,22,23). The number of nitrogens with one attached hydrogen (secondary N) is 3. The zero-order valence-corrected chi connectivity index (χ0v) is 13.5. The Morgan fingerprint density at radius 3 is 2.67 bits per heavy atom. The zero-order chi connectivity index (χ0) is 16.4. The number of rotatable bonds is 4. The summed E-state index contributed by atoms with van der Waals surface area (Å²) in [7, 11) is 1.66. The molecule has 1 fully saturated rings. The number of hydrogen-bond acceptors (Lipinski definition) is 6. The van der Waals surface area contributed by atoms with E-state index < -0.39 is 0 Å². The summed E-state index contributed by atoms with van der Waals surface area (Å²) in [6.07, 6.45) is 3.80. The monoisotopic (exact) mass is 324 g/mol. The molecule has 124 valence electrons. The first-order chi connectivity index (χ1) is 11.8. The molecular formula is C17H20N6O. The molecular weight excluding hydrogens is 304 g/mol. The molecule has 0 saturated carbocycles. The summed E-state index contributed by atoms with van der Waals surface area (Å²) in [5.41, 5.74) is 3.33. The van der Waals surface area contributed by atoms with Gasteiger partial charge in [-0.25, -0.2) is 9.97 Å². The second-order valence-electron chi connectivity index (χ2n) is 5.89. The summed E-state index contributed by atoms with van der Waals surface area (Å²) in [5.74, 6) is 1.46. The molecule has 0 aliphatic carbocycles. The molecule has 3 heterocycles. The van der Waals surface area contributed by atoms with Crippen LogP contribution in [0.15, 0.2) is 30.6 Å². The largest absolute Gasteiger partial charge is 0.497 e. The van der Waals surface area contributed by atoms with Crippen molar-refractivity contribution in [3.8, 4) is 17.0 Å².